The zero-order valence-corrected chi connectivity index (χ0v) is 10.8. The maximum atomic E-state index is 12.2. The number of imide groups is 1. The molecule has 1 fully saturated rings. The topological polar surface area (TPSA) is 75.7 Å². The molecule has 1 aliphatic rings. The molecule has 0 atom stereocenters. The van der Waals surface area contributed by atoms with Gasteiger partial charge in [-0.3, -0.25) is 19.7 Å². The van der Waals surface area contributed by atoms with E-state index in [9.17, 15) is 14.4 Å². The first-order chi connectivity index (χ1) is 7.63. The molecular formula is C11H18N2O4. The van der Waals surface area contributed by atoms with Gasteiger partial charge in [0.15, 0.2) is 0 Å². The summed E-state index contributed by atoms with van der Waals surface area (Å²) in [4.78, 5) is 36.5. The molecule has 1 saturated heterocycles. The minimum absolute atomic E-state index is 0.135. The van der Waals surface area contributed by atoms with Crippen LogP contribution in [-0.4, -0.2) is 47.4 Å². The van der Waals surface area contributed by atoms with Crippen LogP contribution in [0.15, 0.2) is 0 Å². The molecular weight excluding hydrogens is 224 g/mol. The maximum absolute atomic E-state index is 12.2. The summed E-state index contributed by atoms with van der Waals surface area (Å²) >= 11 is 0. The Balaban J connectivity index is 3.06. The lowest BCUT2D eigenvalue weighted by atomic mass is 9.95. The molecule has 0 radical (unpaired) electrons. The molecule has 0 aromatic rings. The second kappa shape index (κ2) is 4.10. The first-order valence-electron chi connectivity index (χ1n) is 5.34. The Morgan fingerprint density at radius 2 is 1.94 bits per heavy atom. The summed E-state index contributed by atoms with van der Waals surface area (Å²) < 4.78 is 5.08. The smallest absolute Gasteiger partial charge is 0.255 e. The monoisotopic (exact) mass is 242 g/mol. The van der Waals surface area contributed by atoms with E-state index in [1.807, 2.05) is 0 Å². The lowest BCUT2D eigenvalue weighted by Crippen LogP contribution is -2.68. The predicted octanol–water partition coefficient (Wildman–Crippen LogP) is -0.325. The van der Waals surface area contributed by atoms with Gasteiger partial charge in [0, 0.05) is 7.11 Å². The largest absolute Gasteiger partial charge is 0.369 e. The van der Waals surface area contributed by atoms with Crippen LogP contribution in [0.25, 0.3) is 0 Å². The van der Waals surface area contributed by atoms with Gasteiger partial charge < -0.3 is 9.64 Å². The number of carbonyl (C=O) groups excluding carboxylic acids is 3. The van der Waals surface area contributed by atoms with E-state index in [1.165, 1.54) is 12.0 Å². The Bertz CT molecular complexity index is 374. The normalized spacial score (nSPS) is 20.2. The van der Waals surface area contributed by atoms with Crippen molar-refractivity contribution in [1.29, 1.82) is 0 Å². The highest BCUT2D eigenvalue weighted by Gasteiger charge is 2.47. The number of ether oxygens (including phenoxy) is 1. The number of piperazine rings is 1. The predicted molar refractivity (Wildman–Crippen MR) is 60.0 cm³/mol. The minimum atomic E-state index is -1.06. The number of rotatable bonds is 2. The van der Waals surface area contributed by atoms with Crippen LogP contribution in [0, 0.1) is 0 Å². The molecule has 0 aromatic heterocycles. The molecule has 17 heavy (non-hydrogen) atoms. The van der Waals surface area contributed by atoms with Gasteiger partial charge in [0.25, 0.3) is 11.8 Å². The van der Waals surface area contributed by atoms with Crippen LogP contribution in [0.2, 0.25) is 0 Å². The summed E-state index contributed by atoms with van der Waals surface area (Å²) in [5.74, 6) is -1.34. The van der Waals surface area contributed by atoms with Gasteiger partial charge in [-0.1, -0.05) is 0 Å². The highest BCUT2D eigenvalue weighted by atomic mass is 16.5. The summed E-state index contributed by atoms with van der Waals surface area (Å²) in [6, 6.07) is 0. The van der Waals surface area contributed by atoms with E-state index in [2.05, 4.69) is 5.32 Å². The Morgan fingerprint density at radius 1 is 1.41 bits per heavy atom. The lowest BCUT2D eigenvalue weighted by Gasteiger charge is -2.43. The first-order valence-corrected chi connectivity index (χ1v) is 5.34. The van der Waals surface area contributed by atoms with Gasteiger partial charge >= 0.3 is 0 Å². The molecule has 1 rings (SSSR count). The SMILES string of the molecule is COC(C)(C)C(=O)N1CC(=O)NC(=O)C1(C)C. The van der Waals surface area contributed by atoms with Crippen molar-refractivity contribution < 1.29 is 19.1 Å². The average Bonchev–Trinajstić information content (AvgIpc) is 2.22. The average molecular weight is 242 g/mol. The van der Waals surface area contributed by atoms with Crippen LogP contribution in [-0.2, 0) is 19.1 Å². The van der Waals surface area contributed by atoms with Gasteiger partial charge in [-0.2, -0.15) is 0 Å². The van der Waals surface area contributed by atoms with E-state index >= 15 is 0 Å². The summed E-state index contributed by atoms with van der Waals surface area (Å²) in [6.45, 7) is 6.26. The van der Waals surface area contributed by atoms with Gasteiger partial charge in [-0.05, 0) is 27.7 Å². The number of hydrogen-bond acceptors (Lipinski definition) is 4. The van der Waals surface area contributed by atoms with E-state index in [0.29, 0.717) is 0 Å². The fraction of sp³-hybridized carbons (Fsp3) is 0.727. The van der Waals surface area contributed by atoms with E-state index in [4.69, 9.17) is 4.74 Å². The fourth-order valence-electron chi connectivity index (χ4n) is 1.52. The zero-order chi connectivity index (χ0) is 13.4. The Hall–Kier alpha value is -1.43. The minimum Gasteiger partial charge on any atom is -0.369 e. The van der Waals surface area contributed by atoms with Crippen molar-refractivity contribution >= 4 is 17.7 Å². The van der Waals surface area contributed by atoms with E-state index < -0.39 is 23.0 Å². The second-order valence-corrected chi connectivity index (χ2v) is 5.04. The Labute approximate surface area is 100 Å². The van der Waals surface area contributed by atoms with Crippen molar-refractivity contribution in [1.82, 2.24) is 10.2 Å². The van der Waals surface area contributed by atoms with Crippen LogP contribution in [0.5, 0.6) is 0 Å². The van der Waals surface area contributed by atoms with Gasteiger partial charge in [-0.15, -0.1) is 0 Å². The van der Waals surface area contributed by atoms with Crippen molar-refractivity contribution in [2.45, 2.75) is 38.8 Å². The summed E-state index contributed by atoms with van der Waals surface area (Å²) in [6.07, 6.45) is 0. The highest BCUT2D eigenvalue weighted by molar-refractivity contribution is 6.07. The summed E-state index contributed by atoms with van der Waals surface area (Å²) in [7, 11) is 1.41. The molecule has 6 heteroatoms. The summed E-state index contributed by atoms with van der Waals surface area (Å²) in [5.41, 5.74) is -2.12. The molecule has 3 amide bonds. The van der Waals surface area contributed by atoms with Gasteiger partial charge in [0.2, 0.25) is 5.91 Å². The van der Waals surface area contributed by atoms with Crippen molar-refractivity contribution in [3.05, 3.63) is 0 Å². The molecule has 0 bridgehead atoms. The van der Waals surface area contributed by atoms with Gasteiger partial charge in [0.05, 0.1) is 0 Å². The zero-order valence-electron chi connectivity index (χ0n) is 10.8. The molecule has 0 spiro atoms. The molecule has 1 N–H and O–H groups in total. The van der Waals surface area contributed by atoms with Crippen LogP contribution in [0.3, 0.4) is 0 Å². The van der Waals surface area contributed by atoms with Crippen LogP contribution >= 0.6 is 0 Å². The first kappa shape index (κ1) is 13.6. The Kier molecular flexibility index (Phi) is 3.29. The maximum Gasteiger partial charge on any atom is 0.255 e. The molecule has 0 saturated carbocycles. The standard InChI is InChI=1S/C11H18N2O4/c1-10(2)8(15)12-7(14)6-13(10)9(16)11(3,4)17-5/h6H2,1-5H3,(H,12,14,15). The van der Waals surface area contributed by atoms with Gasteiger partial charge in [-0.25, -0.2) is 0 Å². The van der Waals surface area contributed by atoms with Gasteiger partial charge in [0.1, 0.15) is 17.7 Å². The van der Waals surface area contributed by atoms with Crippen molar-refractivity contribution in [3.63, 3.8) is 0 Å². The number of nitrogens with one attached hydrogen (secondary N) is 1. The molecule has 0 unspecified atom stereocenters. The molecule has 1 aliphatic heterocycles. The molecule has 0 aliphatic carbocycles. The van der Waals surface area contributed by atoms with E-state index in [0.717, 1.165) is 0 Å². The van der Waals surface area contributed by atoms with Crippen LogP contribution in [0.4, 0.5) is 0 Å². The van der Waals surface area contributed by atoms with Crippen LogP contribution < -0.4 is 5.32 Å². The second-order valence-electron chi connectivity index (χ2n) is 5.04. The molecule has 6 nitrogen and oxygen atoms in total. The van der Waals surface area contributed by atoms with Crippen molar-refractivity contribution in [2.24, 2.45) is 0 Å². The fourth-order valence-corrected chi connectivity index (χ4v) is 1.52. The molecule has 0 aromatic carbocycles. The number of carbonyl (C=O) groups is 3. The highest BCUT2D eigenvalue weighted by Crippen LogP contribution is 2.23. The summed E-state index contributed by atoms with van der Waals surface area (Å²) in [5, 5.41) is 2.21. The van der Waals surface area contributed by atoms with Crippen molar-refractivity contribution in [2.75, 3.05) is 13.7 Å². The van der Waals surface area contributed by atoms with E-state index in [1.54, 1.807) is 27.7 Å². The third-order valence-electron chi connectivity index (χ3n) is 3.06. The van der Waals surface area contributed by atoms with Crippen molar-refractivity contribution in [3.8, 4) is 0 Å². The number of nitrogens with zero attached hydrogens (tertiary/aromatic N) is 1. The number of amides is 3. The van der Waals surface area contributed by atoms with E-state index in [-0.39, 0.29) is 12.5 Å². The third kappa shape index (κ3) is 2.31. The quantitative estimate of drug-likeness (QED) is 0.673. The molecule has 96 valence electrons. The number of hydrogen-bond donors (Lipinski definition) is 1. The number of methoxy groups -OCH3 is 1. The third-order valence-corrected chi connectivity index (χ3v) is 3.06. The molecule has 1 heterocycles. The lowest BCUT2D eigenvalue weighted by molar-refractivity contribution is -0.166. The van der Waals surface area contributed by atoms with Crippen LogP contribution in [0.1, 0.15) is 27.7 Å². The Morgan fingerprint density at radius 3 is 2.41 bits per heavy atom.